The molecule has 0 heterocycles. The first-order chi connectivity index (χ1) is 8.67. The SMILES string of the molecule is CCCN(Cc1ccc(C)cc1)C(=O)CCCO. The van der Waals surface area contributed by atoms with E-state index in [2.05, 4.69) is 38.1 Å². The van der Waals surface area contributed by atoms with Crippen LogP contribution in [0.3, 0.4) is 0 Å². The molecule has 0 bridgehead atoms. The number of carbonyl (C=O) groups excluding carboxylic acids is 1. The maximum Gasteiger partial charge on any atom is 0.222 e. The standard InChI is InChI=1S/C15H23NO2/c1-3-10-16(15(18)5-4-11-17)12-14-8-6-13(2)7-9-14/h6-9,17H,3-5,10-12H2,1-2H3. The molecule has 0 aliphatic carbocycles. The Bertz CT molecular complexity index is 359. The fourth-order valence-electron chi connectivity index (χ4n) is 1.86. The van der Waals surface area contributed by atoms with Gasteiger partial charge in [-0.05, 0) is 25.3 Å². The van der Waals surface area contributed by atoms with Crippen molar-refractivity contribution in [1.82, 2.24) is 4.90 Å². The lowest BCUT2D eigenvalue weighted by atomic mass is 10.1. The third kappa shape index (κ3) is 4.88. The number of aliphatic hydroxyl groups is 1. The lowest BCUT2D eigenvalue weighted by Crippen LogP contribution is -2.31. The van der Waals surface area contributed by atoms with E-state index in [0.29, 0.717) is 19.4 Å². The predicted molar refractivity (Wildman–Crippen MR) is 73.2 cm³/mol. The second-order valence-corrected chi connectivity index (χ2v) is 4.63. The highest BCUT2D eigenvalue weighted by Gasteiger charge is 2.12. The topological polar surface area (TPSA) is 40.5 Å². The molecule has 3 nitrogen and oxygen atoms in total. The molecule has 0 aliphatic heterocycles. The van der Waals surface area contributed by atoms with E-state index in [4.69, 9.17) is 5.11 Å². The summed E-state index contributed by atoms with van der Waals surface area (Å²) in [4.78, 5) is 13.9. The Morgan fingerprint density at radius 1 is 1.28 bits per heavy atom. The largest absolute Gasteiger partial charge is 0.396 e. The number of aryl methyl sites for hydroxylation is 1. The van der Waals surface area contributed by atoms with Gasteiger partial charge in [-0.3, -0.25) is 4.79 Å². The van der Waals surface area contributed by atoms with E-state index in [-0.39, 0.29) is 12.5 Å². The van der Waals surface area contributed by atoms with Crippen LogP contribution in [0.1, 0.15) is 37.3 Å². The van der Waals surface area contributed by atoms with Gasteiger partial charge >= 0.3 is 0 Å². The molecule has 0 fully saturated rings. The summed E-state index contributed by atoms with van der Waals surface area (Å²) in [5, 5.41) is 8.78. The fraction of sp³-hybridized carbons (Fsp3) is 0.533. The molecule has 0 saturated carbocycles. The van der Waals surface area contributed by atoms with E-state index >= 15 is 0 Å². The molecule has 0 aromatic heterocycles. The van der Waals surface area contributed by atoms with Crippen molar-refractivity contribution in [1.29, 1.82) is 0 Å². The van der Waals surface area contributed by atoms with Crippen molar-refractivity contribution in [3.05, 3.63) is 35.4 Å². The van der Waals surface area contributed by atoms with Gasteiger partial charge in [0, 0.05) is 26.1 Å². The zero-order valence-corrected chi connectivity index (χ0v) is 11.4. The highest BCUT2D eigenvalue weighted by Crippen LogP contribution is 2.09. The van der Waals surface area contributed by atoms with Crippen LogP contribution in [0.15, 0.2) is 24.3 Å². The van der Waals surface area contributed by atoms with Crippen LogP contribution < -0.4 is 0 Å². The van der Waals surface area contributed by atoms with Crippen LogP contribution in [0.5, 0.6) is 0 Å². The predicted octanol–water partition coefficient (Wildman–Crippen LogP) is 2.51. The average molecular weight is 249 g/mol. The lowest BCUT2D eigenvalue weighted by molar-refractivity contribution is -0.132. The molecule has 0 spiro atoms. The second-order valence-electron chi connectivity index (χ2n) is 4.63. The monoisotopic (exact) mass is 249 g/mol. The number of rotatable bonds is 7. The van der Waals surface area contributed by atoms with Crippen molar-refractivity contribution < 1.29 is 9.90 Å². The molecule has 100 valence electrons. The summed E-state index contributed by atoms with van der Waals surface area (Å²) in [6, 6.07) is 8.27. The molecule has 1 aromatic rings. The van der Waals surface area contributed by atoms with Gasteiger partial charge in [0.2, 0.25) is 5.91 Å². The highest BCUT2D eigenvalue weighted by atomic mass is 16.3. The van der Waals surface area contributed by atoms with E-state index in [1.807, 2.05) is 4.90 Å². The van der Waals surface area contributed by atoms with E-state index in [0.717, 1.165) is 18.5 Å². The van der Waals surface area contributed by atoms with Gasteiger partial charge in [0.05, 0.1) is 0 Å². The van der Waals surface area contributed by atoms with Crippen LogP contribution in [-0.2, 0) is 11.3 Å². The lowest BCUT2D eigenvalue weighted by Gasteiger charge is -2.22. The molecule has 0 radical (unpaired) electrons. The second kappa shape index (κ2) is 7.88. The van der Waals surface area contributed by atoms with Crippen LogP contribution in [0.4, 0.5) is 0 Å². The molecule has 0 atom stereocenters. The van der Waals surface area contributed by atoms with Crippen LogP contribution in [0, 0.1) is 6.92 Å². The van der Waals surface area contributed by atoms with Crippen LogP contribution in [0.25, 0.3) is 0 Å². The van der Waals surface area contributed by atoms with Crippen molar-refractivity contribution in [2.24, 2.45) is 0 Å². The molecular formula is C15H23NO2. The van der Waals surface area contributed by atoms with Gasteiger partial charge in [-0.25, -0.2) is 0 Å². The summed E-state index contributed by atoms with van der Waals surface area (Å²) < 4.78 is 0. The third-order valence-electron chi connectivity index (χ3n) is 2.89. The van der Waals surface area contributed by atoms with E-state index in [1.165, 1.54) is 5.56 Å². The van der Waals surface area contributed by atoms with Crippen LogP contribution in [0.2, 0.25) is 0 Å². The van der Waals surface area contributed by atoms with Gasteiger partial charge in [-0.1, -0.05) is 36.8 Å². The summed E-state index contributed by atoms with van der Waals surface area (Å²) in [5.41, 5.74) is 2.39. The molecule has 1 rings (SSSR count). The molecule has 18 heavy (non-hydrogen) atoms. The maximum absolute atomic E-state index is 12.0. The first kappa shape index (κ1) is 14.7. The summed E-state index contributed by atoms with van der Waals surface area (Å²) in [7, 11) is 0. The summed E-state index contributed by atoms with van der Waals surface area (Å²) >= 11 is 0. The maximum atomic E-state index is 12.0. The Morgan fingerprint density at radius 3 is 2.50 bits per heavy atom. The van der Waals surface area contributed by atoms with Crippen molar-refractivity contribution in [3.63, 3.8) is 0 Å². The summed E-state index contributed by atoms with van der Waals surface area (Å²) in [6.45, 7) is 5.65. The first-order valence-corrected chi connectivity index (χ1v) is 6.61. The van der Waals surface area contributed by atoms with Gasteiger partial charge in [0.1, 0.15) is 0 Å². The van der Waals surface area contributed by atoms with Gasteiger partial charge in [0.15, 0.2) is 0 Å². The molecular weight excluding hydrogens is 226 g/mol. The van der Waals surface area contributed by atoms with Gasteiger partial charge in [0.25, 0.3) is 0 Å². The Balaban J connectivity index is 2.61. The van der Waals surface area contributed by atoms with Crippen molar-refractivity contribution in [3.8, 4) is 0 Å². The third-order valence-corrected chi connectivity index (χ3v) is 2.89. The Kier molecular flexibility index (Phi) is 6.44. The number of benzene rings is 1. The average Bonchev–Trinajstić information content (AvgIpc) is 2.38. The van der Waals surface area contributed by atoms with Gasteiger partial charge < -0.3 is 10.0 Å². The first-order valence-electron chi connectivity index (χ1n) is 6.61. The van der Waals surface area contributed by atoms with E-state index < -0.39 is 0 Å². The minimum atomic E-state index is 0.0796. The minimum Gasteiger partial charge on any atom is -0.396 e. The Morgan fingerprint density at radius 2 is 1.94 bits per heavy atom. The van der Waals surface area contributed by atoms with Crippen LogP contribution >= 0.6 is 0 Å². The molecule has 1 N–H and O–H groups in total. The quantitative estimate of drug-likeness (QED) is 0.806. The molecule has 1 aromatic carbocycles. The molecule has 1 amide bonds. The number of aliphatic hydroxyl groups excluding tert-OH is 1. The van der Waals surface area contributed by atoms with Crippen LogP contribution in [-0.4, -0.2) is 29.1 Å². The summed E-state index contributed by atoms with van der Waals surface area (Å²) in [5.74, 6) is 0.131. The van der Waals surface area contributed by atoms with Crippen molar-refractivity contribution in [2.75, 3.05) is 13.2 Å². The molecule has 3 heteroatoms. The fourth-order valence-corrected chi connectivity index (χ4v) is 1.86. The molecule has 0 unspecified atom stereocenters. The number of nitrogens with zero attached hydrogens (tertiary/aromatic N) is 1. The molecule has 0 saturated heterocycles. The van der Waals surface area contributed by atoms with Crippen molar-refractivity contribution in [2.45, 2.75) is 39.7 Å². The molecule has 0 aliphatic rings. The highest BCUT2D eigenvalue weighted by molar-refractivity contribution is 5.76. The van der Waals surface area contributed by atoms with E-state index in [9.17, 15) is 4.79 Å². The minimum absolute atomic E-state index is 0.0796. The zero-order valence-electron chi connectivity index (χ0n) is 11.4. The number of amides is 1. The van der Waals surface area contributed by atoms with Crippen molar-refractivity contribution >= 4 is 5.91 Å². The van der Waals surface area contributed by atoms with E-state index in [1.54, 1.807) is 0 Å². The smallest absolute Gasteiger partial charge is 0.222 e. The Hall–Kier alpha value is -1.35. The normalized spacial score (nSPS) is 10.4. The number of hydrogen-bond donors (Lipinski definition) is 1. The zero-order chi connectivity index (χ0) is 13.4. The van der Waals surface area contributed by atoms with Gasteiger partial charge in [-0.15, -0.1) is 0 Å². The summed E-state index contributed by atoms with van der Waals surface area (Å²) in [6.07, 6.45) is 1.94. The Labute approximate surface area is 109 Å². The van der Waals surface area contributed by atoms with Gasteiger partial charge in [-0.2, -0.15) is 0 Å². The number of carbonyl (C=O) groups is 1. The number of hydrogen-bond acceptors (Lipinski definition) is 2.